The van der Waals surface area contributed by atoms with E-state index >= 15 is 0 Å². The van der Waals surface area contributed by atoms with E-state index in [0.717, 1.165) is 11.3 Å². The van der Waals surface area contributed by atoms with E-state index in [9.17, 15) is 0 Å². The maximum absolute atomic E-state index is 6.09. The number of ether oxygens (including phenoxy) is 2. The summed E-state index contributed by atoms with van der Waals surface area (Å²) < 4.78 is 10.4. The molecule has 0 amide bonds. The van der Waals surface area contributed by atoms with Gasteiger partial charge in [-0.3, -0.25) is 0 Å². The van der Waals surface area contributed by atoms with Gasteiger partial charge in [-0.05, 0) is 23.1 Å². The van der Waals surface area contributed by atoms with E-state index in [4.69, 9.17) is 15.2 Å². The number of hydrogen-bond donors (Lipinski definition) is 1. The summed E-state index contributed by atoms with van der Waals surface area (Å²) in [7, 11) is 3.31. The Morgan fingerprint density at radius 1 is 1.24 bits per heavy atom. The van der Waals surface area contributed by atoms with Crippen molar-refractivity contribution in [2.75, 3.05) is 20.8 Å². The Hall–Kier alpha value is -1.06. The predicted molar refractivity (Wildman–Crippen MR) is 70.5 cm³/mol. The van der Waals surface area contributed by atoms with Crippen LogP contribution in [0.5, 0.6) is 5.75 Å². The van der Waals surface area contributed by atoms with Crippen LogP contribution in [0.4, 0.5) is 0 Å². The normalized spacial score (nSPS) is 13.5. The Morgan fingerprint density at radius 2 is 1.88 bits per heavy atom. The molecule has 1 aromatic rings. The van der Waals surface area contributed by atoms with Gasteiger partial charge in [-0.25, -0.2) is 0 Å². The Balaban J connectivity index is 3.15. The minimum atomic E-state index is -0.155. The van der Waals surface area contributed by atoms with E-state index in [1.54, 1.807) is 14.2 Å². The molecule has 0 radical (unpaired) electrons. The van der Waals surface area contributed by atoms with Gasteiger partial charge in [0.25, 0.3) is 0 Å². The fourth-order valence-electron chi connectivity index (χ4n) is 1.76. The molecule has 3 nitrogen and oxygen atoms in total. The summed E-state index contributed by atoms with van der Waals surface area (Å²) in [6.45, 7) is 7.03. The van der Waals surface area contributed by atoms with Gasteiger partial charge in [0.05, 0.1) is 19.8 Å². The first-order chi connectivity index (χ1) is 7.90. The van der Waals surface area contributed by atoms with E-state index < -0.39 is 0 Å². The molecular formula is C14H23NO2. The highest BCUT2D eigenvalue weighted by Gasteiger charge is 2.18. The second-order valence-corrected chi connectivity index (χ2v) is 5.27. The van der Waals surface area contributed by atoms with Crippen LogP contribution in [0.3, 0.4) is 0 Å². The lowest BCUT2D eigenvalue weighted by Crippen LogP contribution is -2.19. The van der Waals surface area contributed by atoms with Crippen LogP contribution in [0.2, 0.25) is 0 Å². The molecule has 1 unspecified atom stereocenters. The zero-order chi connectivity index (χ0) is 13.1. The van der Waals surface area contributed by atoms with Gasteiger partial charge in [-0.15, -0.1) is 0 Å². The molecule has 17 heavy (non-hydrogen) atoms. The SMILES string of the molecule is COCC(N)c1cc(C(C)(C)C)ccc1OC. The molecule has 0 aliphatic carbocycles. The molecule has 0 aliphatic heterocycles. The van der Waals surface area contributed by atoms with Crippen molar-refractivity contribution in [3.05, 3.63) is 29.3 Å². The lowest BCUT2D eigenvalue weighted by Gasteiger charge is -2.23. The zero-order valence-corrected chi connectivity index (χ0v) is 11.4. The van der Waals surface area contributed by atoms with Crippen LogP contribution in [0.25, 0.3) is 0 Å². The Morgan fingerprint density at radius 3 is 2.35 bits per heavy atom. The smallest absolute Gasteiger partial charge is 0.123 e. The van der Waals surface area contributed by atoms with Gasteiger partial charge in [0.2, 0.25) is 0 Å². The fourth-order valence-corrected chi connectivity index (χ4v) is 1.76. The summed E-state index contributed by atoms with van der Waals surface area (Å²) in [5, 5.41) is 0. The lowest BCUT2D eigenvalue weighted by atomic mass is 9.85. The van der Waals surface area contributed by atoms with Gasteiger partial charge in [-0.1, -0.05) is 26.8 Å². The maximum Gasteiger partial charge on any atom is 0.123 e. The highest BCUT2D eigenvalue weighted by molar-refractivity contribution is 5.41. The third-order valence-corrected chi connectivity index (χ3v) is 2.84. The largest absolute Gasteiger partial charge is 0.496 e. The summed E-state index contributed by atoms with van der Waals surface area (Å²) in [6.07, 6.45) is 0. The zero-order valence-electron chi connectivity index (χ0n) is 11.4. The van der Waals surface area contributed by atoms with Gasteiger partial charge in [0, 0.05) is 12.7 Å². The standard InChI is InChI=1S/C14H23NO2/c1-14(2,3)10-6-7-13(17-5)11(8-10)12(15)9-16-4/h6-8,12H,9,15H2,1-5H3. The third-order valence-electron chi connectivity index (χ3n) is 2.84. The van der Waals surface area contributed by atoms with Crippen LogP contribution in [0.1, 0.15) is 37.9 Å². The quantitative estimate of drug-likeness (QED) is 0.875. The van der Waals surface area contributed by atoms with Crippen LogP contribution in [-0.2, 0) is 10.2 Å². The number of nitrogens with two attached hydrogens (primary N) is 1. The van der Waals surface area contributed by atoms with Gasteiger partial charge in [0.15, 0.2) is 0 Å². The van der Waals surface area contributed by atoms with E-state index in [2.05, 4.69) is 32.9 Å². The maximum atomic E-state index is 6.09. The number of methoxy groups -OCH3 is 2. The Labute approximate surface area is 104 Å². The van der Waals surface area contributed by atoms with Crippen LogP contribution >= 0.6 is 0 Å². The molecule has 3 heteroatoms. The monoisotopic (exact) mass is 237 g/mol. The van der Waals surface area contributed by atoms with E-state index in [-0.39, 0.29) is 11.5 Å². The van der Waals surface area contributed by atoms with Crippen molar-refractivity contribution >= 4 is 0 Å². The number of rotatable bonds is 4. The lowest BCUT2D eigenvalue weighted by molar-refractivity contribution is 0.179. The van der Waals surface area contributed by atoms with Crippen molar-refractivity contribution in [2.24, 2.45) is 5.73 Å². The van der Waals surface area contributed by atoms with Crippen molar-refractivity contribution in [3.63, 3.8) is 0 Å². The van der Waals surface area contributed by atoms with Crippen molar-refractivity contribution in [3.8, 4) is 5.75 Å². The molecule has 0 spiro atoms. The number of hydrogen-bond acceptors (Lipinski definition) is 3. The minimum Gasteiger partial charge on any atom is -0.496 e. The summed E-state index contributed by atoms with van der Waals surface area (Å²) in [5.41, 5.74) is 8.45. The molecule has 0 saturated heterocycles. The molecule has 1 aromatic carbocycles. The molecule has 0 aromatic heterocycles. The molecular weight excluding hydrogens is 214 g/mol. The van der Waals surface area contributed by atoms with Gasteiger partial charge < -0.3 is 15.2 Å². The van der Waals surface area contributed by atoms with Crippen molar-refractivity contribution < 1.29 is 9.47 Å². The Bertz CT molecular complexity index is 369. The molecule has 0 bridgehead atoms. The van der Waals surface area contributed by atoms with Crippen LogP contribution in [0.15, 0.2) is 18.2 Å². The highest BCUT2D eigenvalue weighted by Crippen LogP contribution is 2.30. The molecule has 96 valence electrons. The molecule has 0 heterocycles. The second kappa shape index (κ2) is 5.52. The van der Waals surface area contributed by atoms with E-state index in [0.29, 0.717) is 6.61 Å². The van der Waals surface area contributed by atoms with E-state index in [1.165, 1.54) is 5.56 Å². The van der Waals surface area contributed by atoms with Crippen molar-refractivity contribution in [1.82, 2.24) is 0 Å². The molecule has 2 N–H and O–H groups in total. The topological polar surface area (TPSA) is 44.5 Å². The van der Waals surface area contributed by atoms with Gasteiger partial charge in [0.1, 0.15) is 5.75 Å². The van der Waals surface area contributed by atoms with E-state index in [1.807, 2.05) is 6.07 Å². The van der Waals surface area contributed by atoms with Crippen LogP contribution in [0, 0.1) is 0 Å². The summed E-state index contributed by atoms with van der Waals surface area (Å²) in [6, 6.07) is 6.02. The second-order valence-electron chi connectivity index (χ2n) is 5.27. The fraction of sp³-hybridized carbons (Fsp3) is 0.571. The Kier molecular flexibility index (Phi) is 4.54. The first-order valence-corrected chi connectivity index (χ1v) is 5.83. The van der Waals surface area contributed by atoms with Gasteiger partial charge in [-0.2, -0.15) is 0 Å². The first kappa shape index (κ1) is 14.0. The first-order valence-electron chi connectivity index (χ1n) is 5.83. The average molecular weight is 237 g/mol. The molecule has 0 saturated carbocycles. The minimum absolute atomic E-state index is 0.105. The summed E-state index contributed by atoms with van der Waals surface area (Å²) in [4.78, 5) is 0. The molecule has 0 fully saturated rings. The van der Waals surface area contributed by atoms with Crippen molar-refractivity contribution in [1.29, 1.82) is 0 Å². The summed E-state index contributed by atoms with van der Waals surface area (Å²) in [5.74, 6) is 0.822. The van der Waals surface area contributed by atoms with Crippen molar-refractivity contribution in [2.45, 2.75) is 32.2 Å². The molecule has 1 rings (SSSR count). The highest BCUT2D eigenvalue weighted by atomic mass is 16.5. The number of benzene rings is 1. The summed E-state index contributed by atoms with van der Waals surface area (Å²) >= 11 is 0. The van der Waals surface area contributed by atoms with Crippen LogP contribution in [-0.4, -0.2) is 20.8 Å². The van der Waals surface area contributed by atoms with Crippen LogP contribution < -0.4 is 10.5 Å². The third kappa shape index (κ3) is 3.45. The predicted octanol–water partition coefficient (Wildman–Crippen LogP) is 2.64. The van der Waals surface area contributed by atoms with Gasteiger partial charge >= 0.3 is 0 Å². The molecule has 0 aliphatic rings. The molecule has 1 atom stereocenters. The average Bonchev–Trinajstić information content (AvgIpc) is 2.27.